The van der Waals surface area contributed by atoms with Gasteiger partial charge in [0.2, 0.25) is 5.09 Å². The molecule has 5 nitrogen and oxygen atoms in total. The first kappa shape index (κ1) is 7.23. The first-order valence-electron chi connectivity index (χ1n) is 2.48. The highest BCUT2D eigenvalue weighted by Crippen LogP contribution is 2.05. The lowest BCUT2D eigenvalue weighted by molar-refractivity contribution is 0.281. The number of rotatable bonds is 1. The highest BCUT2D eigenvalue weighted by Gasteiger charge is 2.14. The fourth-order valence-corrected chi connectivity index (χ4v) is 0.909. The monoisotopic (exact) mass is 162 g/mol. The molecular formula is C4H6N2O3S. The molecule has 0 aromatic heterocycles. The molecule has 0 spiro atoms. The van der Waals surface area contributed by atoms with Gasteiger partial charge in [0, 0.05) is 6.21 Å². The lowest BCUT2D eigenvalue weighted by atomic mass is 10.7. The summed E-state index contributed by atoms with van der Waals surface area (Å²) in [5.41, 5.74) is 0. The Kier molecular flexibility index (Phi) is 1.73. The van der Waals surface area contributed by atoms with E-state index >= 15 is 0 Å². The third kappa shape index (κ3) is 1.55. The molecule has 0 aromatic carbocycles. The summed E-state index contributed by atoms with van der Waals surface area (Å²) in [6.45, 7) is 0.155. The van der Waals surface area contributed by atoms with Crippen molar-refractivity contribution in [2.24, 2.45) is 10.1 Å². The maximum absolute atomic E-state index is 10.5. The first-order valence-corrected chi connectivity index (χ1v) is 4.03. The van der Waals surface area contributed by atoms with Crippen molar-refractivity contribution in [3.63, 3.8) is 0 Å². The molecule has 0 bridgehead atoms. The van der Waals surface area contributed by atoms with Gasteiger partial charge < -0.3 is 4.74 Å². The summed E-state index contributed by atoms with van der Waals surface area (Å²) in [6, 6.07) is 0. The third-order valence-corrected chi connectivity index (χ3v) is 1.65. The topological polar surface area (TPSA) is 81.8 Å². The average Bonchev–Trinajstić information content (AvgIpc) is 1.88. The van der Waals surface area contributed by atoms with E-state index in [9.17, 15) is 8.42 Å². The van der Waals surface area contributed by atoms with Crippen LogP contribution in [-0.4, -0.2) is 21.2 Å². The number of hydrogen-bond donors (Lipinski definition) is 1. The molecule has 1 rings (SSSR count). The van der Waals surface area contributed by atoms with Crippen LogP contribution in [-0.2, 0) is 14.8 Å². The predicted octanol–water partition coefficient (Wildman–Crippen LogP) is -0.825. The van der Waals surface area contributed by atoms with Crippen LogP contribution in [0.4, 0.5) is 0 Å². The Morgan fingerprint density at radius 2 is 2.40 bits per heavy atom. The molecule has 0 unspecified atom stereocenters. The van der Waals surface area contributed by atoms with Crippen LogP contribution in [0.25, 0.3) is 0 Å². The molecule has 0 saturated heterocycles. The molecule has 0 radical (unpaired) electrons. The van der Waals surface area contributed by atoms with Crippen molar-refractivity contribution in [2.45, 2.75) is 0 Å². The summed E-state index contributed by atoms with van der Waals surface area (Å²) in [5, 5.41) is 4.43. The maximum Gasteiger partial charge on any atom is 0.272 e. The van der Waals surface area contributed by atoms with Gasteiger partial charge in [0.25, 0.3) is 10.0 Å². The van der Waals surface area contributed by atoms with E-state index in [1.54, 1.807) is 0 Å². The van der Waals surface area contributed by atoms with E-state index in [1.165, 1.54) is 6.21 Å². The van der Waals surface area contributed by atoms with E-state index in [2.05, 4.69) is 9.73 Å². The fourth-order valence-electron chi connectivity index (χ4n) is 0.469. The minimum Gasteiger partial charge on any atom is -0.475 e. The van der Waals surface area contributed by atoms with E-state index < -0.39 is 10.0 Å². The molecular weight excluding hydrogens is 156 g/mol. The molecule has 2 N–H and O–H groups in total. The zero-order chi connectivity index (χ0) is 7.61. The van der Waals surface area contributed by atoms with Gasteiger partial charge in [-0.25, -0.2) is 13.6 Å². The number of primary sulfonamides is 1. The van der Waals surface area contributed by atoms with Gasteiger partial charge in [0.15, 0.2) is 0 Å². The first-order chi connectivity index (χ1) is 4.61. The Morgan fingerprint density at radius 3 is 2.70 bits per heavy atom. The number of nitrogens with two attached hydrogens (primary N) is 1. The van der Waals surface area contributed by atoms with Gasteiger partial charge in [-0.05, 0) is 0 Å². The zero-order valence-electron chi connectivity index (χ0n) is 5.02. The summed E-state index contributed by atoms with van der Waals surface area (Å²) in [7, 11) is -3.70. The van der Waals surface area contributed by atoms with Crippen molar-refractivity contribution in [3.8, 4) is 0 Å². The van der Waals surface area contributed by atoms with Crippen molar-refractivity contribution in [2.75, 3.05) is 6.61 Å². The highest BCUT2D eigenvalue weighted by atomic mass is 32.2. The van der Waals surface area contributed by atoms with E-state index in [4.69, 9.17) is 5.14 Å². The number of sulfonamides is 1. The van der Waals surface area contributed by atoms with Crippen LogP contribution in [0.5, 0.6) is 0 Å². The van der Waals surface area contributed by atoms with Crippen LogP contribution >= 0.6 is 0 Å². The van der Waals surface area contributed by atoms with Crippen molar-refractivity contribution in [1.82, 2.24) is 0 Å². The minimum atomic E-state index is -3.70. The van der Waals surface area contributed by atoms with Gasteiger partial charge in [0.05, 0.1) is 6.20 Å². The quantitative estimate of drug-likeness (QED) is 0.546. The molecule has 0 fully saturated rings. The number of aliphatic imine (C=N–C) groups is 1. The van der Waals surface area contributed by atoms with Crippen molar-refractivity contribution in [1.29, 1.82) is 0 Å². The van der Waals surface area contributed by atoms with Gasteiger partial charge in [-0.3, -0.25) is 4.99 Å². The number of hydrogen-bond acceptors (Lipinski definition) is 4. The van der Waals surface area contributed by atoms with E-state index in [0.717, 1.165) is 6.20 Å². The molecule has 0 aliphatic carbocycles. The lowest BCUT2D eigenvalue weighted by Crippen LogP contribution is -2.18. The smallest absolute Gasteiger partial charge is 0.272 e. The Bertz CT molecular complexity index is 277. The molecule has 1 heterocycles. The van der Waals surface area contributed by atoms with Gasteiger partial charge in [-0.2, -0.15) is 0 Å². The lowest BCUT2D eigenvalue weighted by Gasteiger charge is -2.06. The van der Waals surface area contributed by atoms with Crippen molar-refractivity contribution < 1.29 is 13.2 Å². The minimum absolute atomic E-state index is 0.155. The summed E-state index contributed by atoms with van der Waals surface area (Å²) < 4.78 is 25.6. The van der Waals surface area contributed by atoms with Crippen LogP contribution in [0.15, 0.2) is 16.3 Å². The van der Waals surface area contributed by atoms with Crippen molar-refractivity contribution in [3.05, 3.63) is 11.3 Å². The Hall–Kier alpha value is -0.880. The standard InChI is InChI=1S/C4H6N2O3S/c5-10(7,8)4-3-6-1-2-9-4/h1,3H,2H2,(H2,5,7,8). The van der Waals surface area contributed by atoms with Gasteiger partial charge in [-0.15, -0.1) is 0 Å². The fraction of sp³-hybridized carbons (Fsp3) is 0.250. The van der Waals surface area contributed by atoms with E-state index in [-0.39, 0.29) is 11.7 Å². The molecule has 0 aromatic rings. The Balaban J connectivity index is 2.93. The molecule has 0 saturated carbocycles. The van der Waals surface area contributed by atoms with Crippen LogP contribution in [0, 0.1) is 0 Å². The second kappa shape index (κ2) is 2.39. The van der Waals surface area contributed by atoms with Gasteiger partial charge >= 0.3 is 0 Å². The van der Waals surface area contributed by atoms with Gasteiger partial charge in [0.1, 0.15) is 6.61 Å². The zero-order valence-corrected chi connectivity index (χ0v) is 5.84. The molecule has 56 valence electrons. The normalized spacial score (nSPS) is 17.9. The van der Waals surface area contributed by atoms with E-state index in [1.807, 2.05) is 0 Å². The summed E-state index contributed by atoms with van der Waals surface area (Å²) in [5.74, 6) is 0. The molecule has 1 aliphatic heterocycles. The average molecular weight is 162 g/mol. The molecule has 1 aliphatic rings. The van der Waals surface area contributed by atoms with Crippen LogP contribution < -0.4 is 5.14 Å². The molecule has 10 heavy (non-hydrogen) atoms. The SMILES string of the molecule is NS(=O)(=O)C1=CN=CCO1. The molecule has 0 amide bonds. The predicted molar refractivity (Wildman–Crippen MR) is 35.6 cm³/mol. The second-order valence-electron chi connectivity index (χ2n) is 1.64. The van der Waals surface area contributed by atoms with Crippen LogP contribution in [0.3, 0.4) is 0 Å². The Labute approximate surface area is 58.2 Å². The number of nitrogens with zero attached hydrogens (tertiary/aromatic N) is 1. The van der Waals surface area contributed by atoms with Gasteiger partial charge in [-0.1, -0.05) is 0 Å². The largest absolute Gasteiger partial charge is 0.475 e. The highest BCUT2D eigenvalue weighted by molar-refractivity contribution is 7.92. The summed E-state index contributed by atoms with van der Waals surface area (Å²) in [6.07, 6.45) is 2.51. The van der Waals surface area contributed by atoms with Crippen LogP contribution in [0.1, 0.15) is 0 Å². The molecule has 0 atom stereocenters. The third-order valence-electron chi connectivity index (χ3n) is 0.866. The van der Waals surface area contributed by atoms with E-state index in [0.29, 0.717) is 0 Å². The summed E-state index contributed by atoms with van der Waals surface area (Å²) in [4.78, 5) is 3.55. The Morgan fingerprint density at radius 1 is 1.70 bits per heavy atom. The van der Waals surface area contributed by atoms with Crippen molar-refractivity contribution >= 4 is 16.2 Å². The molecule has 6 heteroatoms. The second-order valence-corrected chi connectivity index (χ2v) is 3.13. The van der Waals surface area contributed by atoms with Crippen LogP contribution in [0.2, 0.25) is 0 Å². The maximum atomic E-state index is 10.5. The summed E-state index contributed by atoms with van der Waals surface area (Å²) >= 11 is 0. The number of ether oxygens (including phenoxy) is 1.